The van der Waals surface area contributed by atoms with Crippen LogP contribution in [0.5, 0.6) is 0 Å². The minimum Gasteiger partial charge on any atom is -0.461 e. The lowest BCUT2D eigenvalue weighted by molar-refractivity contribution is -0.149. The number of carbonyl (C=O) groups excluding carboxylic acids is 3. The van der Waals surface area contributed by atoms with Gasteiger partial charge in [0.25, 0.3) is 0 Å². The number of hydrogen-bond acceptors (Lipinski definition) is 5. The topological polar surface area (TPSA) is 72.9 Å². The van der Waals surface area contributed by atoms with Gasteiger partial charge in [-0.15, -0.1) is 0 Å². The molecule has 3 aromatic carbocycles. The first-order valence-corrected chi connectivity index (χ1v) is 11.4. The highest BCUT2D eigenvalue weighted by atomic mass is 16.6. The molecule has 0 spiro atoms. The molecular weight excluding hydrogens is 430 g/mol. The number of benzene rings is 3. The van der Waals surface area contributed by atoms with Gasteiger partial charge in [0.15, 0.2) is 0 Å². The van der Waals surface area contributed by atoms with Crippen molar-refractivity contribution in [3.05, 3.63) is 108 Å². The van der Waals surface area contributed by atoms with Gasteiger partial charge in [0.05, 0.1) is 18.4 Å². The number of imide groups is 1. The second-order valence-electron chi connectivity index (χ2n) is 8.37. The van der Waals surface area contributed by atoms with E-state index in [4.69, 9.17) is 9.47 Å². The molecule has 6 nitrogen and oxygen atoms in total. The van der Waals surface area contributed by atoms with Crippen molar-refractivity contribution in [3.8, 4) is 0 Å². The zero-order chi connectivity index (χ0) is 23.8. The molecule has 6 heteroatoms. The van der Waals surface area contributed by atoms with Crippen LogP contribution in [0.15, 0.2) is 91.0 Å². The van der Waals surface area contributed by atoms with E-state index in [0.29, 0.717) is 12.8 Å². The number of hydrogen-bond donors (Lipinski definition) is 0. The van der Waals surface area contributed by atoms with Gasteiger partial charge < -0.3 is 9.47 Å². The normalized spacial score (nSPS) is 16.1. The van der Waals surface area contributed by atoms with Gasteiger partial charge in [-0.1, -0.05) is 91.0 Å². The van der Waals surface area contributed by atoms with E-state index in [-0.39, 0.29) is 19.6 Å². The fourth-order valence-corrected chi connectivity index (χ4v) is 4.11. The molecule has 0 aliphatic carbocycles. The number of cyclic esters (lactones) is 1. The Bertz CT molecular complexity index is 1100. The average Bonchev–Trinajstić information content (AvgIpc) is 3.23. The number of nitrogens with zero attached hydrogens (tertiary/aromatic N) is 1. The lowest BCUT2D eigenvalue weighted by atomic mass is 9.94. The molecule has 0 unspecified atom stereocenters. The third-order valence-electron chi connectivity index (χ3n) is 5.84. The first-order valence-electron chi connectivity index (χ1n) is 11.4. The van der Waals surface area contributed by atoms with Gasteiger partial charge >= 0.3 is 12.1 Å². The summed E-state index contributed by atoms with van der Waals surface area (Å²) < 4.78 is 10.7. The Balaban J connectivity index is 1.49. The average molecular weight is 458 g/mol. The molecule has 3 aromatic rings. The van der Waals surface area contributed by atoms with Crippen LogP contribution in [0.4, 0.5) is 4.79 Å². The number of carbonyl (C=O) groups is 3. The molecular formula is C28H27NO5. The van der Waals surface area contributed by atoms with Gasteiger partial charge in [-0.05, 0) is 29.5 Å². The monoisotopic (exact) mass is 457 g/mol. The summed E-state index contributed by atoms with van der Waals surface area (Å²) in [6, 6.07) is 28.1. The van der Waals surface area contributed by atoms with Crippen molar-refractivity contribution in [1.29, 1.82) is 0 Å². The maximum atomic E-state index is 13.6. The highest BCUT2D eigenvalue weighted by Gasteiger charge is 2.41. The van der Waals surface area contributed by atoms with Crippen LogP contribution < -0.4 is 0 Å². The summed E-state index contributed by atoms with van der Waals surface area (Å²) in [7, 11) is 0. The molecule has 1 aliphatic rings. The van der Waals surface area contributed by atoms with Crippen molar-refractivity contribution in [2.24, 2.45) is 5.92 Å². The number of amides is 2. The van der Waals surface area contributed by atoms with E-state index < -0.39 is 29.9 Å². The van der Waals surface area contributed by atoms with E-state index in [2.05, 4.69) is 0 Å². The van der Waals surface area contributed by atoms with Crippen LogP contribution in [-0.2, 0) is 38.5 Å². The lowest BCUT2D eigenvalue weighted by Gasteiger charge is -2.25. The molecule has 1 heterocycles. The van der Waals surface area contributed by atoms with Crippen LogP contribution in [-0.4, -0.2) is 35.5 Å². The zero-order valence-electron chi connectivity index (χ0n) is 18.8. The van der Waals surface area contributed by atoms with Gasteiger partial charge in [0.1, 0.15) is 13.2 Å². The Hall–Kier alpha value is -3.93. The highest BCUT2D eigenvalue weighted by Crippen LogP contribution is 2.24. The summed E-state index contributed by atoms with van der Waals surface area (Å²) in [4.78, 5) is 40.0. The first-order chi connectivity index (χ1) is 16.6. The molecule has 0 aromatic heterocycles. The minimum absolute atomic E-state index is 0.123. The quantitative estimate of drug-likeness (QED) is 0.440. The molecule has 4 rings (SSSR count). The maximum Gasteiger partial charge on any atom is 0.416 e. The van der Waals surface area contributed by atoms with Crippen molar-refractivity contribution in [1.82, 2.24) is 4.90 Å². The summed E-state index contributed by atoms with van der Waals surface area (Å²) in [5, 5.41) is 0. The summed E-state index contributed by atoms with van der Waals surface area (Å²) in [6.45, 7) is 0.268. The Labute approximate surface area is 199 Å². The molecule has 0 saturated carbocycles. The van der Waals surface area contributed by atoms with Crippen molar-refractivity contribution in [2.45, 2.75) is 31.9 Å². The van der Waals surface area contributed by atoms with Gasteiger partial charge in [0, 0.05) is 0 Å². The summed E-state index contributed by atoms with van der Waals surface area (Å²) in [5.74, 6) is -1.64. The molecule has 1 saturated heterocycles. The van der Waals surface area contributed by atoms with Crippen molar-refractivity contribution in [2.75, 3.05) is 6.61 Å². The van der Waals surface area contributed by atoms with Crippen molar-refractivity contribution < 1.29 is 23.9 Å². The van der Waals surface area contributed by atoms with Crippen LogP contribution >= 0.6 is 0 Å². The first kappa shape index (κ1) is 23.2. The van der Waals surface area contributed by atoms with E-state index in [0.717, 1.165) is 16.7 Å². The zero-order valence-corrected chi connectivity index (χ0v) is 18.8. The smallest absolute Gasteiger partial charge is 0.416 e. The van der Waals surface area contributed by atoms with E-state index >= 15 is 0 Å². The van der Waals surface area contributed by atoms with Crippen LogP contribution in [0, 0.1) is 5.92 Å². The SMILES string of the molecule is O=C(C[C@@H](Cc1ccccc1)C(=O)N1C(=O)OC[C@@H]1Cc1ccccc1)OCc1ccccc1. The summed E-state index contributed by atoms with van der Waals surface area (Å²) >= 11 is 0. The predicted molar refractivity (Wildman–Crippen MR) is 127 cm³/mol. The maximum absolute atomic E-state index is 13.6. The van der Waals surface area contributed by atoms with E-state index in [9.17, 15) is 14.4 Å². The second-order valence-corrected chi connectivity index (χ2v) is 8.37. The van der Waals surface area contributed by atoms with Gasteiger partial charge in [-0.3, -0.25) is 9.59 Å². The third kappa shape index (κ3) is 6.10. The Morgan fingerprint density at radius 1 is 0.853 bits per heavy atom. The van der Waals surface area contributed by atoms with Gasteiger partial charge in [-0.25, -0.2) is 9.69 Å². The van der Waals surface area contributed by atoms with Gasteiger partial charge in [0.2, 0.25) is 5.91 Å². The minimum atomic E-state index is -0.741. The number of rotatable bonds is 9. The molecule has 0 N–H and O–H groups in total. The van der Waals surface area contributed by atoms with Crippen LogP contribution in [0.1, 0.15) is 23.1 Å². The molecule has 0 bridgehead atoms. The molecule has 1 fully saturated rings. The molecule has 34 heavy (non-hydrogen) atoms. The largest absolute Gasteiger partial charge is 0.461 e. The fraction of sp³-hybridized carbons (Fsp3) is 0.250. The van der Waals surface area contributed by atoms with Crippen molar-refractivity contribution in [3.63, 3.8) is 0 Å². The van der Waals surface area contributed by atoms with Crippen LogP contribution in [0.2, 0.25) is 0 Å². The molecule has 174 valence electrons. The fourth-order valence-electron chi connectivity index (χ4n) is 4.11. The summed E-state index contributed by atoms with van der Waals surface area (Å²) in [5.41, 5.74) is 2.78. The molecule has 1 aliphatic heterocycles. The Morgan fingerprint density at radius 2 is 1.41 bits per heavy atom. The number of esters is 1. The van der Waals surface area contributed by atoms with E-state index in [1.54, 1.807) is 0 Å². The molecule has 2 amide bonds. The van der Waals surface area contributed by atoms with E-state index in [1.165, 1.54) is 4.90 Å². The van der Waals surface area contributed by atoms with Crippen LogP contribution in [0.25, 0.3) is 0 Å². The Morgan fingerprint density at radius 3 is 2.03 bits per heavy atom. The van der Waals surface area contributed by atoms with Crippen LogP contribution in [0.3, 0.4) is 0 Å². The number of ether oxygens (including phenoxy) is 2. The van der Waals surface area contributed by atoms with Crippen molar-refractivity contribution >= 4 is 18.0 Å². The Kier molecular flexibility index (Phi) is 7.71. The molecule has 0 radical (unpaired) electrons. The highest BCUT2D eigenvalue weighted by molar-refractivity contribution is 5.96. The lowest BCUT2D eigenvalue weighted by Crippen LogP contribution is -2.44. The third-order valence-corrected chi connectivity index (χ3v) is 5.84. The molecule has 2 atom stereocenters. The second kappa shape index (κ2) is 11.3. The van der Waals surface area contributed by atoms with E-state index in [1.807, 2.05) is 91.0 Å². The predicted octanol–water partition coefficient (Wildman–Crippen LogP) is 4.57. The summed E-state index contributed by atoms with van der Waals surface area (Å²) in [6.07, 6.45) is 0.0285. The van der Waals surface area contributed by atoms with Gasteiger partial charge in [-0.2, -0.15) is 0 Å². The standard InChI is InChI=1S/C28H27NO5/c30-26(33-19-23-14-8-3-9-15-23)18-24(16-21-10-4-1-5-11-21)27(31)29-25(20-34-28(29)32)17-22-12-6-2-7-13-22/h1-15,24-25H,16-20H2/t24-,25+/m1/s1.